The van der Waals surface area contributed by atoms with Crippen molar-refractivity contribution in [3.05, 3.63) is 11.6 Å². The Balaban J connectivity index is 2.74. The van der Waals surface area contributed by atoms with Crippen molar-refractivity contribution in [2.75, 3.05) is 7.05 Å². The molecule has 0 bridgehead atoms. The molecule has 0 N–H and O–H groups in total. The van der Waals surface area contributed by atoms with E-state index in [1.807, 2.05) is 13.8 Å². The lowest BCUT2D eigenvalue weighted by Gasteiger charge is -2.26. The van der Waals surface area contributed by atoms with Gasteiger partial charge in [-0.3, -0.25) is 4.79 Å². The van der Waals surface area contributed by atoms with E-state index in [4.69, 9.17) is 9.47 Å². The number of hydrogen-bond donors (Lipinski definition) is 0. The Morgan fingerprint density at radius 3 is 2.39 bits per heavy atom. The van der Waals surface area contributed by atoms with Gasteiger partial charge < -0.3 is 14.4 Å². The molecule has 1 atom stereocenters. The molecule has 0 fully saturated rings. The number of nitrogens with zero attached hydrogens (tertiary/aromatic N) is 1. The van der Waals surface area contributed by atoms with Gasteiger partial charge in [0.15, 0.2) is 0 Å². The number of hydrogen-bond acceptors (Lipinski definition) is 4. The number of carbonyl (C=O) groups is 2. The zero-order chi connectivity index (χ0) is 14.1. The Hall–Kier alpha value is -1.52. The third-order valence-corrected chi connectivity index (χ3v) is 2.54. The Kier molecular flexibility index (Phi) is 4.04. The van der Waals surface area contributed by atoms with Crippen LogP contribution in [0.1, 0.15) is 34.6 Å². The zero-order valence-corrected chi connectivity index (χ0v) is 11.8. The summed E-state index contributed by atoms with van der Waals surface area (Å²) in [6.07, 6.45) is 0.0904. The van der Waals surface area contributed by atoms with Gasteiger partial charge in [0.2, 0.25) is 12.1 Å². The molecule has 1 aliphatic rings. The van der Waals surface area contributed by atoms with Crippen molar-refractivity contribution in [3.63, 3.8) is 0 Å². The molecule has 5 nitrogen and oxygen atoms in total. The maximum Gasteiger partial charge on any atom is 0.510 e. The highest BCUT2D eigenvalue weighted by atomic mass is 16.7. The monoisotopic (exact) mass is 255 g/mol. The summed E-state index contributed by atoms with van der Waals surface area (Å²) >= 11 is 0. The molecule has 0 aromatic heterocycles. The fraction of sp³-hybridized carbons (Fsp3) is 0.692. The molecule has 0 aromatic carbocycles. The van der Waals surface area contributed by atoms with Crippen LogP contribution in [0.2, 0.25) is 0 Å². The minimum absolute atomic E-state index is 0.131. The van der Waals surface area contributed by atoms with Crippen molar-refractivity contribution >= 4 is 12.1 Å². The van der Waals surface area contributed by atoms with E-state index in [1.165, 1.54) is 11.0 Å². The predicted octanol–water partition coefficient (Wildman–Crippen LogP) is 2.32. The molecule has 0 saturated heterocycles. The fourth-order valence-electron chi connectivity index (χ4n) is 1.62. The van der Waals surface area contributed by atoms with Gasteiger partial charge in [-0.1, -0.05) is 13.8 Å². The number of ether oxygens (including phenoxy) is 2. The summed E-state index contributed by atoms with van der Waals surface area (Å²) in [5.41, 5.74) is 0.174. The Morgan fingerprint density at radius 2 is 1.94 bits per heavy atom. The molecule has 5 heteroatoms. The lowest BCUT2D eigenvalue weighted by molar-refractivity contribution is -0.131. The van der Waals surface area contributed by atoms with Crippen molar-refractivity contribution < 1.29 is 19.1 Å². The minimum Gasteiger partial charge on any atom is -0.429 e. The van der Waals surface area contributed by atoms with E-state index in [2.05, 4.69) is 0 Å². The molecule has 0 radical (unpaired) electrons. The molecule has 102 valence electrons. The number of carbonyl (C=O) groups excluding carboxylic acids is 2. The first-order valence-corrected chi connectivity index (χ1v) is 5.99. The number of amides is 1. The van der Waals surface area contributed by atoms with E-state index in [0.29, 0.717) is 0 Å². The quantitative estimate of drug-likeness (QED) is 0.710. The van der Waals surface area contributed by atoms with Crippen LogP contribution in [0.25, 0.3) is 0 Å². The third-order valence-electron chi connectivity index (χ3n) is 2.54. The summed E-state index contributed by atoms with van der Waals surface area (Å²) in [5.74, 6) is -0.0291. The maximum atomic E-state index is 11.6. The summed E-state index contributed by atoms with van der Waals surface area (Å²) < 4.78 is 10.3. The average molecular weight is 255 g/mol. The molecule has 1 amide bonds. The van der Waals surface area contributed by atoms with Gasteiger partial charge in [-0.2, -0.15) is 0 Å². The second-order valence-electron chi connectivity index (χ2n) is 5.68. The summed E-state index contributed by atoms with van der Waals surface area (Å²) in [6.45, 7) is 9.18. The highest BCUT2D eigenvalue weighted by Crippen LogP contribution is 2.26. The Bertz CT molecular complexity index is 379. The van der Waals surface area contributed by atoms with Gasteiger partial charge in [0.1, 0.15) is 5.60 Å². The van der Waals surface area contributed by atoms with Crippen LogP contribution in [0, 0.1) is 5.92 Å². The molecule has 1 unspecified atom stereocenters. The summed E-state index contributed by atoms with van der Waals surface area (Å²) in [5, 5.41) is 0. The maximum absolute atomic E-state index is 11.6. The lowest BCUT2D eigenvalue weighted by atomic mass is 10.0. The molecule has 0 spiro atoms. The van der Waals surface area contributed by atoms with Crippen molar-refractivity contribution in [3.8, 4) is 0 Å². The SMILES string of the molecule is CC(C)C1=CC(=O)N(C)C1OC(=O)OC(C)(C)C. The largest absolute Gasteiger partial charge is 0.510 e. The topological polar surface area (TPSA) is 55.8 Å². The predicted molar refractivity (Wildman–Crippen MR) is 66.8 cm³/mol. The molecule has 18 heavy (non-hydrogen) atoms. The van der Waals surface area contributed by atoms with E-state index in [9.17, 15) is 9.59 Å². The van der Waals surface area contributed by atoms with Gasteiger partial charge in [0.25, 0.3) is 0 Å². The van der Waals surface area contributed by atoms with E-state index >= 15 is 0 Å². The third kappa shape index (κ3) is 3.48. The van der Waals surface area contributed by atoms with E-state index < -0.39 is 18.0 Å². The molecular weight excluding hydrogens is 234 g/mol. The van der Waals surface area contributed by atoms with Gasteiger partial charge in [-0.05, 0) is 32.3 Å². The second kappa shape index (κ2) is 5.00. The lowest BCUT2D eigenvalue weighted by Crippen LogP contribution is -2.38. The van der Waals surface area contributed by atoms with Crippen molar-refractivity contribution in [1.29, 1.82) is 0 Å². The normalized spacial score (nSPS) is 20.2. The van der Waals surface area contributed by atoms with E-state index in [0.717, 1.165) is 5.57 Å². The molecule has 1 rings (SSSR count). The molecule has 0 aliphatic carbocycles. The van der Waals surface area contributed by atoms with Crippen LogP contribution in [-0.4, -0.2) is 35.8 Å². The van der Waals surface area contributed by atoms with Crippen LogP contribution in [0.15, 0.2) is 11.6 Å². The average Bonchev–Trinajstić information content (AvgIpc) is 2.43. The molecule has 1 heterocycles. The van der Waals surface area contributed by atoms with Crippen molar-refractivity contribution in [1.82, 2.24) is 4.90 Å². The second-order valence-corrected chi connectivity index (χ2v) is 5.68. The van der Waals surface area contributed by atoms with Crippen LogP contribution in [0.5, 0.6) is 0 Å². The smallest absolute Gasteiger partial charge is 0.429 e. The molecule has 1 aliphatic heterocycles. The van der Waals surface area contributed by atoms with Crippen LogP contribution in [0.3, 0.4) is 0 Å². The molecule has 0 saturated carbocycles. The van der Waals surface area contributed by atoms with Gasteiger partial charge in [-0.25, -0.2) is 4.79 Å². The standard InChI is InChI=1S/C13H21NO4/c1-8(2)9-7-10(15)14(6)11(9)17-12(16)18-13(3,4)5/h7-8,11H,1-6H3. The highest BCUT2D eigenvalue weighted by molar-refractivity contribution is 5.91. The highest BCUT2D eigenvalue weighted by Gasteiger charge is 2.35. The first-order chi connectivity index (χ1) is 8.11. The first kappa shape index (κ1) is 14.5. The summed E-state index contributed by atoms with van der Waals surface area (Å²) in [6, 6.07) is 0. The summed E-state index contributed by atoms with van der Waals surface area (Å²) in [7, 11) is 1.60. The van der Waals surface area contributed by atoms with Gasteiger partial charge in [-0.15, -0.1) is 0 Å². The van der Waals surface area contributed by atoms with E-state index in [1.54, 1.807) is 27.8 Å². The van der Waals surface area contributed by atoms with E-state index in [-0.39, 0.29) is 11.8 Å². The van der Waals surface area contributed by atoms with Gasteiger partial charge in [0, 0.05) is 13.1 Å². The van der Waals surface area contributed by atoms with Gasteiger partial charge >= 0.3 is 6.16 Å². The fourth-order valence-corrected chi connectivity index (χ4v) is 1.62. The van der Waals surface area contributed by atoms with Crippen LogP contribution in [0.4, 0.5) is 4.79 Å². The van der Waals surface area contributed by atoms with Gasteiger partial charge in [0.05, 0.1) is 0 Å². The number of rotatable bonds is 2. The van der Waals surface area contributed by atoms with Crippen molar-refractivity contribution in [2.45, 2.75) is 46.4 Å². The number of likely N-dealkylation sites (N-methyl/N-ethyl adjacent to an activating group) is 1. The Labute approximate surface area is 108 Å². The minimum atomic E-state index is -0.763. The van der Waals surface area contributed by atoms with Crippen molar-refractivity contribution in [2.24, 2.45) is 5.92 Å². The van der Waals surface area contributed by atoms with Crippen LogP contribution in [-0.2, 0) is 14.3 Å². The van der Waals surface area contributed by atoms with Crippen LogP contribution < -0.4 is 0 Å². The molecular formula is C13H21NO4. The zero-order valence-electron chi connectivity index (χ0n) is 11.8. The Morgan fingerprint density at radius 1 is 1.39 bits per heavy atom. The first-order valence-electron chi connectivity index (χ1n) is 5.99. The van der Waals surface area contributed by atoms with Crippen LogP contribution >= 0.6 is 0 Å². The molecule has 0 aromatic rings. The summed E-state index contributed by atoms with van der Waals surface area (Å²) in [4.78, 5) is 24.6.